The zero-order valence-corrected chi connectivity index (χ0v) is 15.6. The van der Waals surface area contributed by atoms with E-state index in [1.54, 1.807) is 0 Å². The Morgan fingerprint density at radius 3 is 2.96 bits per heavy atom. The molecular weight excluding hydrogens is 388 g/mol. The van der Waals surface area contributed by atoms with Gasteiger partial charge in [-0.2, -0.15) is 0 Å². The Morgan fingerprint density at radius 1 is 1.44 bits per heavy atom. The second kappa shape index (κ2) is 7.97. The van der Waals surface area contributed by atoms with Gasteiger partial charge in [0.05, 0.1) is 6.61 Å². The molecule has 0 amide bonds. The van der Waals surface area contributed by atoms with Crippen LogP contribution in [0.4, 0.5) is 0 Å². The molecule has 0 aromatic heterocycles. The molecule has 7 nitrogen and oxygen atoms in total. The number of ether oxygens (including phenoxy) is 1. The van der Waals surface area contributed by atoms with Crippen molar-refractivity contribution in [3.8, 4) is 0 Å². The van der Waals surface area contributed by atoms with Crippen molar-refractivity contribution in [3.63, 3.8) is 0 Å². The average Bonchev–Trinajstić information content (AvgIpc) is 3.13. The zero-order valence-electron chi connectivity index (χ0n) is 14.0. The number of nitro groups is 1. The van der Waals surface area contributed by atoms with Gasteiger partial charge in [-0.05, 0) is 29.7 Å². The van der Waals surface area contributed by atoms with Gasteiger partial charge >= 0.3 is 0 Å². The maximum Gasteiger partial charge on any atom is 0.278 e. The van der Waals surface area contributed by atoms with E-state index in [-0.39, 0.29) is 0 Å². The van der Waals surface area contributed by atoms with E-state index >= 15 is 0 Å². The number of hydrogen-bond donors (Lipinski definition) is 0. The summed E-state index contributed by atoms with van der Waals surface area (Å²) in [5.41, 5.74) is 1.02. The molecule has 1 aromatic carbocycles. The van der Waals surface area contributed by atoms with E-state index in [1.807, 2.05) is 46.3 Å². The van der Waals surface area contributed by atoms with Crippen LogP contribution in [0.25, 0.3) is 6.08 Å². The van der Waals surface area contributed by atoms with Crippen molar-refractivity contribution in [2.45, 2.75) is 6.92 Å². The first-order valence-corrected chi connectivity index (χ1v) is 9.08. The van der Waals surface area contributed by atoms with Crippen LogP contribution in [0.1, 0.15) is 12.5 Å². The summed E-state index contributed by atoms with van der Waals surface area (Å²) in [6, 6.07) is 7.89. The summed E-state index contributed by atoms with van der Waals surface area (Å²) >= 11 is 3.44. The van der Waals surface area contributed by atoms with Crippen LogP contribution in [0, 0.1) is 22.0 Å². The van der Waals surface area contributed by atoms with Gasteiger partial charge in [0.1, 0.15) is 5.10 Å². The minimum atomic E-state index is -0.623. The predicted molar refractivity (Wildman–Crippen MR) is 99.4 cm³/mol. The number of nitrogens with zero attached hydrogens (tertiary/aromatic N) is 4. The van der Waals surface area contributed by atoms with Gasteiger partial charge in [0.2, 0.25) is 0 Å². The van der Waals surface area contributed by atoms with Crippen molar-refractivity contribution in [1.82, 2.24) is 9.80 Å². The average molecular weight is 409 g/mol. The summed E-state index contributed by atoms with van der Waals surface area (Å²) in [5, 5.41) is 14.0. The van der Waals surface area contributed by atoms with Crippen LogP contribution in [-0.2, 0) is 4.74 Å². The van der Waals surface area contributed by atoms with Gasteiger partial charge in [0.15, 0.2) is 5.03 Å². The Balaban J connectivity index is 1.74. The van der Waals surface area contributed by atoms with Crippen LogP contribution in [0.5, 0.6) is 0 Å². The molecule has 134 valence electrons. The lowest BCUT2D eigenvalue weighted by Gasteiger charge is -2.23. The first kappa shape index (κ1) is 17.9. The fourth-order valence-corrected chi connectivity index (χ4v) is 3.54. The van der Waals surface area contributed by atoms with E-state index < -0.39 is 5.03 Å². The van der Waals surface area contributed by atoms with Crippen molar-refractivity contribution in [3.05, 3.63) is 50.6 Å². The van der Waals surface area contributed by atoms with Gasteiger partial charge in [0, 0.05) is 42.8 Å². The molecule has 3 rings (SSSR count). The Morgan fingerprint density at radius 2 is 2.28 bits per heavy atom. The zero-order chi connectivity index (χ0) is 17.8. The molecule has 2 fully saturated rings. The first-order valence-electron chi connectivity index (χ1n) is 8.29. The second-order valence-corrected chi connectivity index (χ2v) is 7.34. The predicted octanol–water partition coefficient (Wildman–Crippen LogP) is 2.87. The second-order valence-electron chi connectivity index (χ2n) is 6.42. The van der Waals surface area contributed by atoms with Crippen molar-refractivity contribution in [2.75, 3.05) is 32.8 Å². The molecule has 2 aliphatic rings. The highest BCUT2D eigenvalue weighted by atomic mass is 79.9. The third-order valence-corrected chi connectivity index (χ3v) is 5.08. The number of hydrazone groups is 1. The number of halogens is 1. The minimum Gasteiger partial charge on any atom is -0.381 e. The van der Waals surface area contributed by atoms with Gasteiger partial charge in [-0.3, -0.25) is 0 Å². The largest absolute Gasteiger partial charge is 0.381 e. The number of guanidine groups is 1. The standard InChI is InChI=1S/C17H21BrN4O3/c1-13-11-25-12-15(13)10-21-8-7-20(17(21)19-22(23)24)6-5-14-3-2-4-16(18)9-14/h2-6,9,13,15H,7-8,10-12H2,1H3. The SMILES string of the molecule is CC1COCC1CN1CCN(C=Cc2cccc(Br)c2)C1=N[N+](=O)[O-]. The molecule has 2 heterocycles. The molecule has 25 heavy (non-hydrogen) atoms. The quantitative estimate of drug-likeness (QED) is 0.553. The highest BCUT2D eigenvalue weighted by molar-refractivity contribution is 9.10. The molecular formula is C17H21BrN4O3. The summed E-state index contributed by atoms with van der Waals surface area (Å²) in [4.78, 5) is 14.8. The van der Waals surface area contributed by atoms with Gasteiger partial charge in [-0.25, -0.2) is 10.1 Å². The summed E-state index contributed by atoms with van der Waals surface area (Å²) in [5.74, 6) is 1.24. The Kier molecular flexibility index (Phi) is 5.70. The van der Waals surface area contributed by atoms with E-state index in [0.29, 0.717) is 30.9 Å². The topological polar surface area (TPSA) is 71.2 Å². The molecule has 1 aromatic rings. The Hall–Kier alpha value is -1.93. The smallest absolute Gasteiger partial charge is 0.278 e. The van der Waals surface area contributed by atoms with E-state index in [9.17, 15) is 10.1 Å². The van der Waals surface area contributed by atoms with Gasteiger partial charge < -0.3 is 14.5 Å². The molecule has 2 atom stereocenters. The summed E-state index contributed by atoms with van der Waals surface area (Å²) in [6.07, 6.45) is 3.80. The molecule has 0 N–H and O–H groups in total. The summed E-state index contributed by atoms with van der Waals surface area (Å²) in [7, 11) is 0. The van der Waals surface area contributed by atoms with E-state index in [2.05, 4.69) is 28.0 Å². The van der Waals surface area contributed by atoms with E-state index in [4.69, 9.17) is 4.74 Å². The lowest BCUT2D eigenvalue weighted by Crippen LogP contribution is -2.37. The number of hydrogen-bond acceptors (Lipinski definition) is 3. The summed E-state index contributed by atoms with van der Waals surface area (Å²) < 4.78 is 6.50. The van der Waals surface area contributed by atoms with Crippen LogP contribution < -0.4 is 0 Å². The molecule has 0 bridgehead atoms. The van der Waals surface area contributed by atoms with Gasteiger partial charge in [-0.1, -0.05) is 35.0 Å². The van der Waals surface area contributed by atoms with Gasteiger partial charge in [0.25, 0.3) is 5.96 Å². The van der Waals surface area contributed by atoms with Gasteiger partial charge in [-0.15, -0.1) is 0 Å². The maximum atomic E-state index is 11.0. The number of rotatable bonds is 5. The van der Waals surface area contributed by atoms with Crippen molar-refractivity contribution in [2.24, 2.45) is 16.9 Å². The maximum absolute atomic E-state index is 11.0. The third kappa shape index (κ3) is 4.58. The molecule has 2 aliphatic heterocycles. The molecule has 0 spiro atoms. The lowest BCUT2D eigenvalue weighted by molar-refractivity contribution is -0.486. The highest BCUT2D eigenvalue weighted by Crippen LogP contribution is 2.23. The fraction of sp³-hybridized carbons (Fsp3) is 0.471. The molecule has 2 saturated heterocycles. The van der Waals surface area contributed by atoms with Crippen LogP contribution in [0.2, 0.25) is 0 Å². The molecule has 8 heteroatoms. The minimum absolute atomic E-state index is 0.381. The third-order valence-electron chi connectivity index (χ3n) is 4.59. The van der Waals surface area contributed by atoms with Crippen molar-refractivity contribution in [1.29, 1.82) is 0 Å². The monoisotopic (exact) mass is 408 g/mol. The number of benzene rings is 1. The van der Waals surface area contributed by atoms with Crippen LogP contribution in [-0.4, -0.2) is 53.6 Å². The van der Waals surface area contributed by atoms with Crippen LogP contribution in [0.3, 0.4) is 0 Å². The normalized spacial score (nSPS) is 25.4. The molecule has 2 unspecified atom stereocenters. The molecule has 0 radical (unpaired) electrons. The van der Waals surface area contributed by atoms with E-state index in [1.165, 1.54) is 0 Å². The molecule has 0 aliphatic carbocycles. The van der Waals surface area contributed by atoms with Crippen LogP contribution in [0.15, 0.2) is 40.0 Å². The Labute approximate surface area is 155 Å². The molecule has 0 saturated carbocycles. The fourth-order valence-electron chi connectivity index (χ4n) is 3.13. The van der Waals surface area contributed by atoms with Crippen molar-refractivity contribution >= 4 is 28.0 Å². The Bertz CT molecular complexity index is 694. The first-order chi connectivity index (χ1) is 12.0. The van der Waals surface area contributed by atoms with E-state index in [0.717, 1.165) is 29.7 Å². The summed E-state index contributed by atoms with van der Waals surface area (Å²) in [6.45, 7) is 5.75. The van der Waals surface area contributed by atoms with Crippen LogP contribution >= 0.6 is 15.9 Å². The van der Waals surface area contributed by atoms with Crippen molar-refractivity contribution < 1.29 is 9.77 Å². The lowest BCUT2D eigenvalue weighted by atomic mass is 9.98. The highest BCUT2D eigenvalue weighted by Gasteiger charge is 2.33.